The molecule has 0 radical (unpaired) electrons. The lowest BCUT2D eigenvalue weighted by Crippen LogP contribution is -2.49. The van der Waals surface area contributed by atoms with Crippen molar-refractivity contribution in [2.45, 2.75) is 50.5 Å². The van der Waals surface area contributed by atoms with Crippen LogP contribution in [-0.4, -0.2) is 34.5 Å². The first-order chi connectivity index (χ1) is 10.6. The van der Waals surface area contributed by atoms with E-state index in [0.717, 1.165) is 25.7 Å². The van der Waals surface area contributed by atoms with Crippen LogP contribution in [-0.2, 0) is 4.79 Å². The number of ketones is 1. The van der Waals surface area contributed by atoms with E-state index in [0.29, 0.717) is 31.1 Å². The van der Waals surface area contributed by atoms with Crippen LogP contribution in [0.25, 0.3) is 0 Å². The molecule has 3 rings (SSSR count). The summed E-state index contributed by atoms with van der Waals surface area (Å²) in [6.07, 6.45) is 3.97. The summed E-state index contributed by atoms with van der Waals surface area (Å²) in [7, 11) is 0. The van der Waals surface area contributed by atoms with Gasteiger partial charge in [-0.1, -0.05) is 30.3 Å². The van der Waals surface area contributed by atoms with Crippen LogP contribution in [0.15, 0.2) is 30.3 Å². The number of piperidine rings is 1. The molecule has 2 aliphatic rings. The Kier molecular flexibility index (Phi) is 4.46. The Labute approximate surface area is 131 Å². The van der Waals surface area contributed by atoms with Crippen molar-refractivity contribution in [2.24, 2.45) is 5.92 Å². The quantitative estimate of drug-likeness (QED) is 0.906. The molecule has 1 saturated carbocycles. The van der Waals surface area contributed by atoms with Gasteiger partial charge < -0.3 is 10.0 Å². The number of Topliss-reactive ketones (excluding diaryl/α,β-unsaturated/α-hetero) is 1. The first kappa shape index (κ1) is 15.1. The van der Waals surface area contributed by atoms with Gasteiger partial charge in [-0.25, -0.2) is 4.79 Å². The van der Waals surface area contributed by atoms with Gasteiger partial charge in [0, 0.05) is 25.4 Å². The summed E-state index contributed by atoms with van der Waals surface area (Å²) >= 11 is 0. The van der Waals surface area contributed by atoms with Crippen LogP contribution in [0.1, 0.15) is 50.0 Å². The van der Waals surface area contributed by atoms with Crippen molar-refractivity contribution < 1.29 is 14.7 Å². The van der Waals surface area contributed by atoms with Crippen LogP contribution in [0, 0.1) is 5.92 Å². The zero-order valence-corrected chi connectivity index (χ0v) is 12.8. The molecule has 1 heterocycles. The number of hydrogen-bond donors (Lipinski definition) is 1. The highest BCUT2D eigenvalue weighted by molar-refractivity contribution is 5.79. The maximum atomic E-state index is 11.8. The monoisotopic (exact) mass is 301 g/mol. The molecule has 0 aromatic heterocycles. The number of nitrogens with zero attached hydrogens (tertiary/aromatic N) is 1. The predicted molar refractivity (Wildman–Crippen MR) is 83.9 cm³/mol. The maximum Gasteiger partial charge on any atom is 0.407 e. The maximum absolute atomic E-state index is 11.8. The highest BCUT2D eigenvalue weighted by Gasteiger charge is 2.38. The number of carboxylic acid groups (broad SMARTS) is 1. The molecular weight excluding hydrogens is 278 g/mol. The van der Waals surface area contributed by atoms with Gasteiger partial charge in [-0.2, -0.15) is 0 Å². The Morgan fingerprint density at radius 3 is 2.64 bits per heavy atom. The van der Waals surface area contributed by atoms with Gasteiger partial charge in [0.1, 0.15) is 5.78 Å². The topological polar surface area (TPSA) is 57.6 Å². The molecule has 1 aliphatic carbocycles. The van der Waals surface area contributed by atoms with Gasteiger partial charge in [0.15, 0.2) is 0 Å². The number of benzene rings is 1. The highest BCUT2D eigenvalue weighted by Crippen LogP contribution is 2.38. The summed E-state index contributed by atoms with van der Waals surface area (Å²) in [5, 5.41) is 9.50. The summed E-state index contributed by atoms with van der Waals surface area (Å²) in [5.74, 6) is 0.895. The van der Waals surface area contributed by atoms with Crippen molar-refractivity contribution in [2.75, 3.05) is 6.54 Å². The van der Waals surface area contributed by atoms with E-state index in [-0.39, 0.29) is 12.0 Å². The molecule has 1 aliphatic heterocycles. The second kappa shape index (κ2) is 6.51. The SMILES string of the molecule is O=C1CCCC(C2CC(c3ccccc3)CCN2C(=O)O)C1. The fourth-order valence-corrected chi connectivity index (χ4v) is 4.10. The van der Waals surface area contributed by atoms with Crippen molar-refractivity contribution in [3.05, 3.63) is 35.9 Å². The molecule has 4 nitrogen and oxygen atoms in total. The zero-order chi connectivity index (χ0) is 15.5. The summed E-state index contributed by atoms with van der Waals surface area (Å²) in [5.41, 5.74) is 1.29. The van der Waals surface area contributed by atoms with E-state index in [1.807, 2.05) is 18.2 Å². The number of carbonyl (C=O) groups excluding carboxylic acids is 1. The second-order valence-corrected chi connectivity index (χ2v) is 6.57. The first-order valence-electron chi connectivity index (χ1n) is 8.21. The molecule has 0 spiro atoms. The summed E-state index contributed by atoms with van der Waals surface area (Å²) in [4.78, 5) is 24.9. The van der Waals surface area contributed by atoms with E-state index in [1.165, 1.54) is 5.56 Å². The van der Waals surface area contributed by atoms with Crippen LogP contribution in [0.3, 0.4) is 0 Å². The number of hydrogen-bond acceptors (Lipinski definition) is 2. The van der Waals surface area contributed by atoms with E-state index >= 15 is 0 Å². The van der Waals surface area contributed by atoms with E-state index in [9.17, 15) is 14.7 Å². The van der Waals surface area contributed by atoms with Gasteiger partial charge in [0.2, 0.25) is 0 Å². The van der Waals surface area contributed by atoms with Gasteiger partial charge in [-0.3, -0.25) is 4.79 Å². The number of likely N-dealkylation sites (tertiary alicyclic amines) is 1. The molecule has 4 heteroatoms. The van der Waals surface area contributed by atoms with E-state index in [4.69, 9.17) is 0 Å². The van der Waals surface area contributed by atoms with Crippen LogP contribution < -0.4 is 0 Å². The molecule has 1 N–H and O–H groups in total. The van der Waals surface area contributed by atoms with E-state index < -0.39 is 6.09 Å². The van der Waals surface area contributed by atoms with Crippen molar-refractivity contribution in [1.29, 1.82) is 0 Å². The molecule has 1 amide bonds. The Morgan fingerprint density at radius 2 is 1.95 bits per heavy atom. The fraction of sp³-hybridized carbons (Fsp3) is 0.556. The van der Waals surface area contributed by atoms with Crippen molar-refractivity contribution >= 4 is 11.9 Å². The third-order valence-corrected chi connectivity index (χ3v) is 5.23. The summed E-state index contributed by atoms with van der Waals surface area (Å²) in [6, 6.07) is 10.3. The third kappa shape index (κ3) is 3.16. The summed E-state index contributed by atoms with van der Waals surface area (Å²) < 4.78 is 0. The molecule has 1 aromatic carbocycles. The normalized spacial score (nSPS) is 29.4. The van der Waals surface area contributed by atoms with Gasteiger partial charge in [-0.05, 0) is 43.1 Å². The van der Waals surface area contributed by atoms with Gasteiger partial charge in [-0.15, -0.1) is 0 Å². The Balaban J connectivity index is 1.79. The lowest BCUT2D eigenvalue weighted by Gasteiger charge is -2.43. The zero-order valence-electron chi connectivity index (χ0n) is 12.8. The number of rotatable bonds is 2. The minimum Gasteiger partial charge on any atom is -0.465 e. The third-order valence-electron chi connectivity index (χ3n) is 5.23. The fourth-order valence-electron chi connectivity index (χ4n) is 4.10. The van der Waals surface area contributed by atoms with Crippen molar-refractivity contribution in [3.63, 3.8) is 0 Å². The minimum absolute atomic E-state index is 0.0132. The number of carbonyl (C=O) groups is 2. The highest BCUT2D eigenvalue weighted by atomic mass is 16.4. The van der Waals surface area contributed by atoms with Gasteiger partial charge in [0.05, 0.1) is 0 Å². The van der Waals surface area contributed by atoms with Crippen LogP contribution in [0.5, 0.6) is 0 Å². The lowest BCUT2D eigenvalue weighted by molar-refractivity contribution is -0.122. The van der Waals surface area contributed by atoms with Crippen LogP contribution in [0.2, 0.25) is 0 Å². The standard InChI is InChI=1S/C18H23NO3/c20-16-8-4-7-15(11-16)17-12-14(9-10-19(17)18(21)22)13-5-2-1-3-6-13/h1-3,5-6,14-15,17H,4,7-12H2,(H,21,22). The Bertz CT molecular complexity index is 543. The largest absolute Gasteiger partial charge is 0.465 e. The van der Waals surface area contributed by atoms with E-state index in [2.05, 4.69) is 12.1 Å². The molecule has 2 fully saturated rings. The molecule has 0 bridgehead atoms. The number of amides is 1. The average molecular weight is 301 g/mol. The second-order valence-electron chi connectivity index (χ2n) is 6.57. The van der Waals surface area contributed by atoms with Crippen molar-refractivity contribution in [1.82, 2.24) is 4.90 Å². The molecule has 22 heavy (non-hydrogen) atoms. The summed E-state index contributed by atoms with van der Waals surface area (Å²) in [6.45, 7) is 0.574. The Morgan fingerprint density at radius 1 is 1.18 bits per heavy atom. The minimum atomic E-state index is -0.838. The van der Waals surface area contributed by atoms with Crippen molar-refractivity contribution in [3.8, 4) is 0 Å². The predicted octanol–water partition coefficient (Wildman–Crippen LogP) is 3.67. The first-order valence-corrected chi connectivity index (χ1v) is 8.21. The van der Waals surface area contributed by atoms with E-state index in [1.54, 1.807) is 4.90 Å². The van der Waals surface area contributed by atoms with Gasteiger partial charge in [0.25, 0.3) is 0 Å². The average Bonchev–Trinajstić information content (AvgIpc) is 2.55. The molecule has 1 saturated heterocycles. The molecule has 1 aromatic rings. The molecule has 3 unspecified atom stereocenters. The van der Waals surface area contributed by atoms with Gasteiger partial charge >= 0.3 is 6.09 Å². The Hall–Kier alpha value is -1.84. The molecular formula is C18H23NO3. The molecule has 118 valence electrons. The smallest absolute Gasteiger partial charge is 0.407 e. The van der Waals surface area contributed by atoms with Crippen LogP contribution in [0.4, 0.5) is 4.79 Å². The lowest BCUT2D eigenvalue weighted by atomic mass is 9.75. The van der Waals surface area contributed by atoms with Crippen LogP contribution >= 0.6 is 0 Å². The molecule has 3 atom stereocenters.